The van der Waals surface area contributed by atoms with Crippen LogP contribution in [0.4, 0.5) is 4.79 Å². The van der Waals surface area contributed by atoms with Gasteiger partial charge in [0.1, 0.15) is 0 Å². The molecule has 3 saturated heterocycles. The molecule has 0 radical (unpaired) electrons. The zero-order valence-electron chi connectivity index (χ0n) is 16.6. The number of fused-ring (bicyclic) bond motifs is 1. The Kier molecular flexibility index (Phi) is 6.04. The smallest absolute Gasteiger partial charge is 0.409 e. The number of hydrogen-bond donors (Lipinski definition) is 0. The number of ether oxygens (including phenoxy) is 1. The molecule has 0 aromatic carbocycles. The minimum Gasteiger partial charge on any atom is -0.450 e. The van der Waals surface area contributed by atoms with Crippen molar-refractivity contribution in [2.45, 2.75) is 82.8 Å². The summed E-state index contributed by atoms with van der Waals surface area (Å²) >= 11 is 0. The van der Waals surface area contributed by atoms with E-state index in [1.165, 1.54) is 64.6 Å². The lowest BCUT2D eigenvalue weighted by Crippen LogP contribution is -2.64. The average Bonchev–Trinajstić information content (AvgIpc) is 3.17. The Bertz CT molecular complexity index is 472. The van der Waals surface area contributed by atoms with Crippen LogP contribution >= 0.6 is 0 Å². The Morgan fingerprint density at radius 3 is 2.38 bits per heavy atom. The number of hydrogen-bond acceptors (Lipinski definition) is 4. The second-order valence-electron chi connectivity index (χ2n) is 8.79. The molecule has 0 aromatic heterocycles. The Hall–Kier alpha value is -0.810. The molecule has 4 fully saturated rings. The third kappa shape index (κ3) is 3.75. The van der Waals surface area contributed by atoms with E-state index in [0.717, 1.165) is 43.9 Å². The number of amides is 1. The van der Waals surface area contributed by atoms with E-state index in [9.17, 15) is 4.79 Å². The zero-order chi connectivity index (χ0) is 17.9. The maximum Gasteiger partial charge on any atom is 0.409 e. The van der Waals surface area contributed by atoms with Gasteiger partial charge in [-0.05, 0) is 57.9 Å². The van der Waals surface area contributed by atoms with Crippen LogP contribution in [0.2, 0.25) is 0 Å². The summed E-state index contributed by atoms with van der Waals surface area (Å²) in [6.45, 7) is 7.92. The second-order valence-corrected chi connectivity index (χ2v) is 8.79. The van der Waals surface area contributed by atoms with Gasteiger partial charge < -0.3 is 9.64 Å². The summed E-state index contributed by atoms with van der Waals surface area (Å²) in [5.74, 6) is 0.901. The molecule has 5 heteroatoms. The summed E-state index contributed by atoms with van der Waals surface area (Å²) in [5.41, 5.74) is 0. The molecule has 1 saturated carbocycles. The fourth-order valence-electron chi connectivity index (χ4n) is 6.21. The van der Waals surface area contributed by atoms with Crippen molar-refractivity contribution in [1.29, 1.82) is 0 Å². The fraction of sp³-hybridized carbons (Fsp3) is 0.952. The maximum atomic E-state index is 12.0. The zero-order valence-corrected chi connectivity index (χ0v) is 16.6. The van der Waals surface area contributed by atoms with E-state index in [-0.39, 0.29) is 6.09 Å². The van der Waals surface area contributed by atoms with E-state index in [1.54, 1.807) is 0 Å². The van der Waals surface area contributed by atoms with E-state index in [1.807, 2.05) is 11.8 Å². The van der Waals surface area contributed by atoms with Crippen LogP contribution < -0.4 is 0 Å². The molecule has 0 unspecified atom stereocenters. The number of rotatable bonds is 3. The molecule has 0 aromatic rings. The summed E-state index contributed by atoms with van der Waals surface area (Å²) in [6, 6.07) is 2.23. The molecule has 0 bridgehead atoms. The quantitative estimate of drug-likeness (QED) is 0.770. The molecule has 4 rings (SSSR count). The molecule has 0 N–H and O–H groups in total. The third-order valence-electron chi connectivity index (χ3n) is 7.43. The molecule has 1 amide bonds. The lowest BCUT2D eigenvalue weighted by atomic mass is 9.78. The molecular formula is C21H37N3O2. The first-order valence-electron chi connectivity index (χ1n) is 11.2. The van der Waals surface area contributed by atoms with Crippen LogP contribution in [0, 0.1) is 5.92 Å². The number of likely N-dealkylation sites (tertiary alicyclic amines) is 1. The van der Waals surface area contributed by atoms with Crippen molar-refractivity contribution in [2.75, 3.05) is 39.3 Å². The SMILES string of the molecule is CCOC(=O)N1CCC(N2CCN3CCC[C@@H]3[C@@H]2C2CCCCC2)CC1. The first kappa shape index (κ1) is 18.5. The minimum atomic E-state index is -0.115. The standard InChI is InChI=1S/C21H37N3O2/c1-2-26-21(25)23-13-10-18(11-14-23)24-16-15-22-12-6-9-19(22)20(24)17-7-4-3-5-8-17/h17-20H,2-16H2,1H3/t19-,20+/m1/s1. The summed E-state index contributed by atoms with van der Waals surface area (Å²) in [6.07, 6.45) is 12.1. The predicted octanol–water partition coefficient (Wildman–Crippen LogP) is 3.34. The van der Waals surface area contributed by atoms with Gasteiger partial charge in [0, 0.05) is 44.3 Å². The molecular weight excluding hydrogens is 326 g/mol. The highest BCUT2D eigenvalue weighted by atomic mass is 16.6. The van der Waals surface area contributed by atoms with Crippen LogP contribution in [0.1, 0.15) is 64.7 Å². The fourth-order valence-corrected chi connectivity index (χ4v) is 6.21. The van der Waals surface area contributed by atoms with Gasteiger partial charge in [0.15, 0.2) is 0 Å². The molecule has 3 aliphatic heterocycles. The van der Waals surface area contributed by atoms with Gasteiger partial charge in [-0.2, -0.15) is 0 Å². The normalized spacial score (nSPS) is 32.6. The lowest BCUT2D eigenvalue weighted by molar-refractivity contribution is -0.0382. The summed E-state index contributed by atoms with van der Waals surface area (Å²) in [5, 5.41) is 0. The van der Waals surface area contributed by atoms with Crippen LogP contribution in [-0.2, 0) is 4.74 Å². The summed E-state index contributed by atoms with van der Waals surface area (Å²) in [4.78, 5) is 19.6. The largest absolute Gasteiger partial charge is 0.450 e. The third-order valence-corrected chi connectivity index (χ3v) is 7.43. The van der Waals surface area contributed by atoms with E-state index in [2.05, 4.69) is 9.80 Å². The number of piperidine rings is 1. The molecule has 5 nitrogen and oxygen atoms in total. The van der Waals surface area contributed by atoms with Crippen molar-refractivity contribution in [3.8, 4) is 0 Å². The number of carbonyl (C=O) groups excluding carboxylic acids is 1. The predicted molar refractivity (Wildman–Crippen MR) is 103 cm³/mol. The van der Waals surface area contributed by atoms with Gasteiger partial charge in [-0.1, -0.05) is 19.3 Å². The molecule has 26 heavy (non-hydrogen) atoms. The van der Waals surface area contributed by atoms with Gasteiger partial charge in [-0.15, -0.1) is 0 Å². The molecule has 148 valence electrons. The van der Waals surface area contributed by atoms with Crippen LogP contribution in [0.5, 0.6) is 0 Å². The average molecular weight is 364 g/mol. The van der Waals surface area contributed by atoms with Crippen molar-refractivity contribution < 1.29 is 9.53 Å². The van der Waals surface area contributed by atoms with Crippen LogP contribution in [0.25, 0.3) is 0 Å². The molecule has 1 aliphatic carbocycles. The van der Waals surface area contributed by atoms with Gasteiger partial charge in [-0.25, -0.2) is 4.79 Å². The first-order chi connectivity index (χ1) is 12.8. The number of nitrogens with zero attached hydrogens (tertiary/aromatic N) is 3. The van der Waals surface area contributed by atoms with Crippen LogP contribution in [-0.4, -0.2) is 78.2 Å². The summed E-state index contributed by atoms with van der Waals surface area (Å²) < 4.78 is 5.20. The van der Waals surface area contributed by atoms with Crippen molar-refractivity contribution in [1.82, 2.24) is 14.7 Å². The van der Waals surface area contributed by atoms with Gasteiger partial charge >= 0.3 is 6.09 Å². The van der Waals surface area contributed by atoms with Gasteiger partial charge in [0.05, 0.1) is 6.61 Å². The van der Waals surface area contributed by atoms with Crippen molar-refractivity contribution in [3.05, 3.63) is 0 Å². The monoisotopic (exact) mass is 363 g/mol. The van der Waals surface area contributed by atoms with Crippen LogP contribution in [0.3, 0.4) is 0 Å². The lowest BCUT2D eigenvalue weighted by Gasteiger charge is -2.53. The van der Waals surface area contributed by atoms with E-state index in [0.29, 0.717) is 12.6 Å². The Labute approximate surface area is 159 Å². The van der Waals surface area contributed by atoms with E-state index >= 15 is 0 Å². The number of carbonyl (C=O) groups is 1. The molecule has 2 atom stereocenters. The van der Waals surface area contributed by atoms with Crippen LogP contribution in [0.15, 0.2) is 0 Å². The minimum absolute atomic E-state index is 0.115. The number of piperazine rings is 1. The highest BCUT2D eigenvalue weighted by molar-refractivity contribution is 5.67. The van der Waals surface area contributed by atoms with E-state index in [4.69, 9.17) is 4.74 Å². The van der Waals surface area contributed by atoms with Crippen molar-refractivity contribution in [2.24, 2.45) is 5.92 Å². The Balaban J connectivity index is 1.43. The Morgan fingerprint density at radius 2 is 1.65 bits per heavy atom. The molecule has 3 heterocycles. The van der Waals surface area contributed by atoms with Gasteiger partial charge in [0.25, 0.3) is 0 Å². The molecule has 4 aliphatic rings. The van der Waals surface area contributed by atoms with Gasteiger partial charge in [0.2, 0.25) is 0 Å². The van der Waals surface area contributed by atoms with Gasteiger partial charge in [-0.3, -0.25) is 9.80 Å². The summed E-state index contributed by atoms with van der Waals surface area (Å²) in [7, 11) is 0. The van der Waals surface area contributed by atoms with Crippen molar-refractivity contribution >= 4 is 6.09 Å². The Morgan fingerprint density at radius 1 is 0.885 bits per heavy atom. The maximum absolute atomic E-state index is 12.0. The highest BCUT2D eigenvalue weighted by Crippen LogP contribution is 2.39. The van der Waals surface area contributed by atoms with Crippen molar-refractivity contribution in [3.63, 3.8) is 0 Å². The highest BCUT2D eigenvalue weighted by Gasteiger charge is 2.45. The second kappa shape index (κ2) is 8.47. The topological polar surface area (TPSA) is 36.0 Å². The van der Waals surface area contributed by atoms with E-state index < -0.39 is 0 Å². The molecule has 0 spiro atoms. The first-order valence-corrected chi connectivity index (χ1v) is 11.2.